The highest BCUT2D eigenvalue weighted by Crippen LogP contribution is 2.23. The molecule has 5 heteroatoms. The molecule has 1 N–H and O–H groups in total. The van der Waals surface area contributed by atoms with E-state index in [1.54, 1.807) is 12.4 Å². The van der Waals surface area contributed by atoms with Gasteiger partial charge in [0, 0.05) is 31.0 Å². The van der Waals surface area contributed by atoms with Crippen molar-refractivity contribution in [1.82, 2.24) is 15.3 Å². The molecule has 1 aliphatic heterocycles. The molecular formula is C17H26N4O. The third kappa shape index (κ3) is 3.39. The summed E-state index contributed by atoms with van der Waals surface area (Å²) in [5.74, 6) is 0.730. The third-order valence-corrected chi connectivity index (χ3v) is 4.95. The van der Waals surface area contributed by atoms with Gasteiger partial charge in [0.15, 0.2) is 0 Å². The Balaban J connectivity index is 1.65. The minimum Gasteiger partial charge on any atom is -0.349 e. The van der Waals surface area contributed by atoms with Gasteiger partial charge in [-0.15, -0.1) is 0 Å². The molecule has 0 spiro atoms. The van der Waals surface area contributed by atoms with Crippen molar-refractivity contribution >= 4 is 11.9 Å². The van der Waals surface area contributed by atoms with Gasteiger partial charge in [-0.2, -0.15) is 0 Å². The largest absolute Gasteiger partial charge is 0.349 e. The van der Waals surface area contributed by atoms with Gasteiger partial charge in [0.05, 0.1) is 5.56 Å². The molecule has 0 bridgehead atoms. The van der Waals surface area contributed by atoms with E-state index < -0.39 is 0 Å². The Labute approximate surface area is 132 Å². The van der Waals surface area contributed by atoms with E-state index in [2.05, 4.69) is 27.1 Å². The smallest absolute Gasteiger partial charge is 0.254 e. The van der Waals surface area contributed by atoms with E-state index in [0.29, 0.717) is 17.6 Å². The molecule has 1 aromatic rings. The molecule has 2 fully saturated rings. The average molecular weight is 302 g/mol. The molecule has 22 heavy (non-hydrogen) atoms. The van der Waals surface area contributed by atoms with Crippen LogP contribution in [0, 0.1) is 0 Å². The van der Waals surface area contributed by atoms with Crippen LogP contribution in [0.5, 0.6) is 0 Å². The molecule has 1 aromatic heterocycles. The lowest BCUT2D eigenvalue weighted by molar-refractivity contribution is 0.0937. The Morgan fingerprint density at radius 3 is 2.55 bits per heavy atom. The standard InChI is InChI=1S/C17H26N4O/c1-2-15-9-5-6-10-21(15)17-18-11-13(12-19-17)16(22)20-14-7-3-4-8-14/h11-12,14-15H,2-10H2,1H3,(H,20,22). The molecule has 1 saturated carbocycles. The SMILES string of the molecule is CCC1CCCCN1c1ncc(C(=O)NC2CCCC2)cn1. The molecule has 5 nitrogen and oxygen atoms in total. The first-order chi connectivity index (χ1) is 10.8. The number of nitrogens with one attached hydrogen (secondary N) is 1. The molecule has 1 amide bonds. The first kappa shape index (κ1) is 15.3. The fourth-order valence-electron chi connectivity index (χ4n) is 3.61. The topological polar surface area (TPSA) is 58.1 Å². The summed E-state index contributed by atoms with van der Waals surface area (Å²) in [6.07, 6.45) is 12.8. The Bertz CT molecular complexity index is 496. The molecule has 1 saturated heterocycles. The first-order valence-electron chi connectivity index (χ1n) is 8.67. The van der Waals surface area contributed by atoms with Crippen LogP contribution in [0.15, 0.2) is 12.4 Å². The molecule has 0 aromatic carbocycles. The van der Waals surface area contributed by atoms with Gasteiger partial charge in [0.25, 0.3) is 5.91 Å². The number of rotatable bonds is 4. The van der Waals surface area contributed by atoms with E-state index in [9.17, 15) is 4.79 Å². The minimum absolute atomic E-state index is 0.0378. The first-order valence-corrected chi connectivity index (χ1v) is 8.67. The zero-order valence-electron chi connectivity index (χ0n) is 13.4. The minimum atomic E-state index is -0.0378. The van der Waals surface area contributed by atoms with Crippen molar-refractivity contribution in [2.75, 3.05) is 11.4 Å². The summed E-state index contributed by atoms with van der Waals surface area (Å²) in [5.41, 5.74) is 0.570. The fourth-order valence-corrected chi connectivity index (χ4v) is 3.61. The highest BCUT2D eigenvalue weighted by atomic mass is 16.1. The van der Waals surface area contributed by atoms with Crippen molar-refractivity contribution in [1.29, 1.82) is 0 Å². The number of piperidine rings is 1. The maximum absolute atomic E-state index is 12.2. The Morgan fingerprint density at radius 1 is 1.18 bits per heavy atom. The van der Waals surface area contributed by atoms with Crippen molar-refractivity contribution in [3.63, 3.8) is 0 Å². The summed E-state index contributed by atoms with van der Waals surface area (Å²) in [6.45, 7) is 3.23. The van der Waals surface area contributed by atoms with Gasteiger partial charge in [-0.3, -0.25) is 4.79 Å². The fraction of sp³-hybridized carbons (Fsp3) is 0.706. The molecule has 2 aliphatic rings. The number of nitrogens with zero attached hydrogens (tertiary/aromatic N) is 3. The molecule has 1 aliphatic carbocycles. The summed E-state index contributed by atoms with van der Waals surface area (Å²) in [7, 11) is 0. The average Bonchev–Trinajstić information content (AvgIpc) is 3.08. The second-order valence-corrected chi connectivity index (χ2v) is 6.48. The molecule has 1 unspecified atom stereocenters. The van der Waals surface area contributed by atoms with Crippen molar-refractivity contribution < 1.29 is 4.79 Å². The van der Waals surface area contributed by atoms with Gasteiger partial charge in [-0.1, -0.05) is 19.8 Å². The number of hydrogen-bond donors (Lipinski definition) is 1. The monoisotopic (exact) mass is 302 g/mol. The van der Waals surface area contributed by atoms with Crippen molar-refractivity contribution in [3.8, 4) is 0 Å². The van der Waals surface area contributed by atoms with Crippen molar-refractivity contribution in [3.05, 3.63) is 18.0 Å². The van der Waals surface area contributed by atoms with Gasteiger partial charge >= 0.3 is 0 Å². The maximum atomic E-state index is 12.2. The molecule has 1 atom stereocenters. The Morgan fingerprint density at radius 2 is 1.86 bits per heavy atom. The number of amides is 1. The van der Waals surface area contributed by atoms with Crippen molar-refractivity contribution in [2.24, 2.45) is 0 Å². The highest BCUT2D eigenvalue weighted by molar-refractivity contribution is 5.93. The summed E-state index contributed by atoms with van der Waals surface area (Å²) >= 11 is 0. The van der Waals surface area contributed by atoms with Crippen LogP contribution in [-0.2, 0) is 0 Å². The lowest BCUT2D eigenvalue weighted by atomic mass is 10.0. The molecule has 120 valence electrons. The van der Waals surface area contributed by atoms with Crippen molar-refractivity contribution in [2.45, 2.75) is 70.4 Å². The maximum Gasteiger partial charge on any atom is 0.254 e. The van der Waals surface area contributed by atoms with E-state index >= 15 is 0 Å². The van der Waals surface area contributed by atoms with Gasteiger partial charge in [-0.25, -0.2) is 9.97 Å². The Kier molecular flexibility index (Phi) is 4.90. The van der Waals surface area contributed by atoms with Crippen LogP contribution in [0.4, 0.5) is 5.95 Å². The van der Waals surface area contributed by atoms with Gasteiger partial charge in [0.2, 0.25) is 5.95 Å². The Hall–Kier alpha value is -1.65. The van der Waals surface area contributed by atoms with E-state index in [1.807, 2.05) is 0 Å². The summed E-state index contributed by atoms with van der Waals surface area (Å²) in [5, 5.41) is 3.08. The van der Waals surface area contributed by atoms with Crippen LogP contribution in [0.2, 0.25) is 0 Å². The van der Waals surface area contributed by atoms with E-state index in [0.717, 1.165) is 31.8 Å². The van der Waals surface area contributed by atoms with Gasteiger partial charge < -0.3 is 10.2 Å². The molecule has 3 rings (SSSR count). The number of anilines is 1. The summed E-state index contributed by atoms with van der Waals surface area (Å²) in [4.78, 5) is 23.4. The predicted molar refractivity (Wildman–Crippen MR) is 87.0 cm³/mol. The highest BCUT2D eigenvalue weighted by Gasteiger charge is 2.23. The van der Waals surface area contributed by atoms with Crippen LogP contribution in [0.25, 0.3) is 0 Å². The second kappa shape index (κ2) is 7.07. The molecule has 2 heterocycles. The predicted octanol–water partition coefficient (Wildman–Crippen LogP) is 2.92. The molecular weight excluding hydrogens is 276 g/mol. The zero-order valence-corrected chi connectivity index (χ0v) is 13.4. The second-order valence-electron chi connectivity index (χ2n) is 6.48. The van der Waals surface area contributed by atoms with Crippen LogP contribution in [-0.4, -0.2) is 34.5 Å². The number of aromatic nitrogens is 2. The van der Waals surface area contributed by atoms with E-state index in [1.165, 1.54) is 32.1 Å². The van der Waals surface area contributed by atoms with Crippen LogP contribution >= 0.6 is 0 Å². The molecule has 0 radical (unpaired) electrons. The van der Waals surface area contributed by atoms with E-state index in [4.69, 9.17) is 0 Å². The lowest BCUT2D eigenvalue weighted by Crippen LogP contribution is -2.40. The van der Waals surface area contributed by atoms with Gasteiger partial charge in [0.1, 0.15) is 0 Å². The lowest BCUT2D eigenvalue weighted by Gasteiger charge is -2.35. The zero-order chi connectivity index (χ0) is 15.4. The summed E-state index contributed by atoms with van der Waals surface area (Å²) in [6, 6.07) is 0.866. The van der Waals surface area contributed by atoms with Crippen LogP contribution in [0.1, 0.15) is 68.6 Å². The normalized spacial score (nSPS) is 22.8. The van der Waals surface area contributed by atoms with Gasteiger partial charge in [-0.05, 0) is 38.5 Å². The van der Waals surface area contributed by atoms with Crippen LogP contribution in [0.3, 0.4) is 0 Å². The van der Waals surface area contributed by atoms with Crippen LogP contribution < -0.4 is 10.2 Å². The van der Waals surface area contributed by atoms with E-state index in [-0.39, 0.29) is 5.91 Å². The number of carbonyl (C=O) groups is 1. The number of carbonyl (C=O) groups excluding carboxylic acids is 1. The third-order valence-electron chi connectivity index (χ3n) is 4.95. The number of hydrogen-bond acceptors (Lipinski definition) is 4. The summed E-state index contributed by atoms with van der Waals surface area (Å²) < 4.78 is 0. The quantitative estimate of drug-likeness (QED) is 0.929.